The van der Waals surface area contributed by atoms with Crippen molar-refractivity contribution in [3.05, 3.63) is 35.4 Å². The molecule has 0 atom stereocenters. The highest BCUT2D eigenvalue weighted by molar-refractivity contribution is 5.31. The van der Waals surface area contributed by atoms with E-state index in [1.165, 1.54) is 0 Å². The van der Waals surface area contributed by atoms with Gasteiger partial charge in [0.15, 0.2) is 0 Å². The van der Waals surface area contributed by atoms with Crippen LogP contribution < -0.4 is 5.32 Å². The van der Waals surface area contributed by atoms with Gasteiger partial charge < -0.3 is 0 Å². The Morgan fingerprint density at radius 2 is 2.00 bits per heavy atom. The van der Waals surface area contributed by atoms with Crippen molar-refractivity contribution in [2.45, 2.75) is 6.54 Å². The summed E-state index contributed by atoms with van der Waals surface area (Å²) < 4.78 is 0. The second-order valence-corrected chi connectivity index (χ2v) is 2.28. The van der Waals surface area contributed by atoms with Crippen LogP contribution in [0.2, 0.25) is 0 Å². The Bertz CT molecular complexity index is 256. The first-order valence-electron chi connectivity index (χ1n) is 3.41. The highest BCUT2D eigenvalue weighted by Crippen LogP contribution is 2.02. The molecule has 0 amide bonds. The van der Waals surface area contributed by atoms with Gasteiger partial charge in [-0.05, 0) is 17.7 Å². The molecular weight excluding hydrogens is 136 g/mol. The monoisotopic (exact) mass is 145 g/mol. The molecule has 0 fully saturated rings. The van der Waals surface area contributed by atoms with Crippen LogP contribution in [0, 0.1) is 11.3 Å². The van der Waals surface area contributed by atoms with Crippen LogP contribution in [-0.2, 0) is 6.54 Å². The predicted molar refractivity (Wildman–Crippen MR) is 42.9 cm³/mol. The smallest absolute Gasteiger partial charge is 0.0991 e. The Labute approximate surface area is 66.5 Å². The van der Waals surface area contributed by atoms with Crippen molar-refractivity contribution in [1.82, 2.24) is 5.32 Å². The SMILES string of the molecule is C[N]Cc1ccc(C#N)cc1. The van der Waals surface area contributed by atoms with Crippen molar-refractivity contribution < 1.29 is 0 Å². The van der Waals surface area contributed by atoms with Crippen molar-refractivity contribution in [3.8, 4) is 6.07 Å². The molecule has 0 spiro atoms. The van der Waals surface area contributed by atoms with E-state index >= 15 is 0 Å². The van der Waals surface area contributed by atoms with Gasteiger partial charge in [0.2, 0.25) is 0 Å². The maximum atomic E-state index is 8.48. The van der Waals surface area contributed by atoms with E-state index < -0.39 is 0 Å². The number of hydrogen-bond acceptors (Lipinski definition) is 1. The standard InChI is InChI=1S/C9H9N2/c1-11-7-9-4-2-8(6-10)3-5-9/h2-5H,7H2,1H3. The van der Waals surface area contributed by atoms with Crippen LogP contribution in [0.4, 0.5) is 0 Å². The number of hydrogen-bond donors (Lipinski definition) is 0. The van der Waals surface area contributed by atoms with Crippen LogP contribution in [0.3, 0.4) is 0 Å². The number of benzene rings is 1. The summed E-state index contributed by atoms with van der Waals surface area (Å²) in [4.78, 5) is 0. The maximum absolute atomic E-state index is 8.48. The molecule has 1 aromatic rings. The Morgan fingerprint density at radius 1 is 1.36 bits per heavy atom. The van der Waals surface area contributed by atoms with Crippen molar-refractivity contribution in [3.63, 3.8) is 0 Å². The third-order valence-corrected chi connectivity index (χ3v) is 1.42. The fourth-order valence-corrected chi connectivity index (χ4v) is 0.867. The number of nitriles is 1. The molecule has 11 heavy (non-hydrogen) atoms. The largest absolute Gasteiger partial charge is 0.240 e. The first-order chi connectivity index (χ1) is 5.36. The fourth-order valence-electron chi connectivity index (χ4n) is 0.867. The van der Waals surface area contributed by atoms with Crippen LogP contribution in [0.15, 0.2) is 24.3 Å². The van der Waals surface area contributed by atoms with Gasteiger partial charge >= 0.3 is 0 Å². The summed E-state index contributed by atoms with van der Waals surface area (Å²) in [7, 11) is 1.78. The van der Waals surface area contributed by atoms with E-state index in [0.29, 0.717) is 5.56 Å². The third kappa shape index (κ3) is 2.06. The highest BCUT2D eigenvalue weighted by atomic mass is 14.8. The van der Waals surface area contributed by atoms with Crippen molar-refractivity contribution in [2.75, 3.05) is 7.05 Å². The molecule has 0 heterocycles. The van der Waals surface area contributed by atoms with Gasteiger partial charge in [-0.25, -0.2) is 5.32 Å². The number of rotatable bonds is 2. The molecule has 0 aromatic heterocycles. The molecule has 1 aromatic carbocycles. The minimum absolute atomic E-state index is 0.699. The van der Waals surface area contributed by atoms with Crippen LogP contribution >= 0.6 is 0 Å². The first-order valence-corrected chi connectivity index (χ1v) is 3.41. The molecule has 0 aliphatic heterocycles. The Balaban J connectivity index is 2.76. The van der Waals surface area contributed by atoms with Crippen LogP contribution in [0.25, 0.3) is 0 Å². The Hall–Kier alpha value is -1.33. The summed E-state index contributed by atoms with van der Waals surface area (Å²) in [5.41, 5.74) is 1.84. The van der Waals surface area contributed by atoms with Crippen molar-refractivity contribution >= 4 is 0 Å². The zero-order valence-electron chi connectivity index (χ0n) is 6.41. The maximum Gasteiger partial charge on any atom is 0.0991 e. The van der Waals surface area contributed by atoms with Crippen LogP contribution in [0.5, 0.6) is 0 Å². The van der Waals surface area contributed by atoms with Gasteiger partial charge in [-0.2, -0.15) is 5.26 Å². The first kappa shape index (κ1) is 7.77. The van der Waals surface area contributed by atoms with E-state index in [2.05, 4.69) is 11.4 Å². The van der Waals surface area contributed by atoms with Crippen LogP contribution in [0.1, 0.15) is 11.1 Å². The topological polar surface area (TPSA) is 37.9 Å². The fraction of sp³-hybridized carbons (Fsp3) is 0.222. The second-order valence-electron chi connectivity index (χ2n) is 2.28. The van der Waals surface area contributed by atoms with Gasteiger partial charge in [0.05, 0.1) is 11.6 Å². The van der Waals surface area contributed by atoms with Gasteiger partial charge in [0.1, 0.15) is 0 Å². The van der Waals surface area contributed by atoms with E-state index in [1.807, 2.05) is 12.1 Å². The van der Waals surface area contributed by atoms with Crippen molar-refractivity contribution in [1.29, 1.82) is 5.26 Å². The second kappa shape index (κ2) is 3.75. The summed E-state index contributed by atoms with van der Waals surface area (Å²) >= 11 is 0. The number of nitrogens with zero attached hydrogens (tertiary/aromatic N) is 2. The predicted octanol–water partition coefficient (Wildman–Crippen LogP) is 1.29. The van der Waals surface area contributed by atoms with E-state index in [4.69, 9.17) is 5.26 Å². The van der Waals surface area contributed by atoms with Gasteiger partial charge in [-0.15, -0.1) is 0 Å². The molecule has 0 saturated heterocycles. The van der Waals surface area contributed by atoms with E-state index in [0.717, 1.165) is 12.1 Å². The van der Waals surface area contributed by atoms with Crippen molar-refractivity contribution in [2.24, 2.45) is 0 Å². The highest BCUT2D eigenvalue weighted by Gasteiger charge is 1.91. The normalized spacial score (nSPS) is 9.09. The molecule has 55 valence electrons. The summed E-state index contributed by atoms with van der Waals surface area (Å²) in [6.07, 6.45) is 0. The molecule has 2 heteroatoms. The molecule has 1 rings (SSSR count). The Kier molecular flexibility index (Phi) is 2.65. The van der Waals surface area contributed by atoms with E-state index in [1.54, 1.807) is 19.2 Å². The van der Waals surface area contributed by atoms with Gasteiger partial charge in [-0.1, -0.05) is 12.1 Å². The molecular formula is C9H9N2. The zero-order chi connectivity index (χ0) is 8.10. The summed E-state index contributed by atoms with van der Waals surface area (Å²) in [6, 6.07) is 9.52. The lowest BCUT2D eigenvalue weighted by Gasteiger charge is -1.96. The molecule has 0 N–H and O–H groups in total. The molecule has 0 aliphatic carbocycles. The molecule has 0 aliphatic rings. The third-order valence-electron chi connectivity index (χ3n) is 1.42. The van der Waals surface area contributed by atoms with Gasteiger partial charge in [0.25, 0.3) is 0 Å². The quantitative estimate of drug-likeness (QED) is 0.618. The molecule has 1 radical (unpaired) electrons. The lowest BCUT2D eigenvalue weighted by molar-refractivity contribution is 0.800. The van der Waals surface area contributed by atoms with Gasteiger partial charge in [-0.3, -0.25) is 0 Å². The minimum atomic E-state index is 0.699. The molecule has 0 saturated carbocycles. The Morgan fingerprint density at radius 3 is 2.45 bits per heavy atom. The summed E-state index contributed by atoms with van der Waals surface area (Å²) in [5, 5.41) is 12.5. The summed E-state index contributed by atoms with van der Waals surface area (Å²) in [6.45, 7) is 0.728. The van der Waals surface area contributed by atoms with Crippen LogP contribution in [-0.4, -0.2) is 7.05 Å². The van der Waals surface area contributed by atoms with Gasteiger partial charge in [0, 0.05) is 13.6 Å². The average molecular weight is 145 g/mol. The molecule has 0 bridgehead atoms. The zero-order valence-corrected chi connectivity index (χ0v) is 6.41. The van der Waals surface area contributed by atoms with E-state index in [9.17, 15) is 0 Å². The molecule has 2 nitrogen and oxygen atoms in total. The average Bonchev–Trinajstić information content (AvgIpc) is 2.07. The van der Waals surface area contributed by atoms with E-state index in [-0.39, 0.29) is 0 Å². The molecule has 0 unspecified atom stereocenters. The minimum Gasteiger partial charge on any atom is -0.240 e. The summed E-state index contributed by atoms with van der Waals surface area (Å²) in [5.74, 6) is 0. The lowest BCUT2D eigenvalue weighted by atomic mass is 10.1. The lowest BCUT2D eigenvalue weighted by Crippen LogP contribution is -1.96.